The quantitative estimate of drug-likeness (QED) is 0.535. The van der Waals surface area contributed by atoms with Gasteiger partial charge >= 0.3 is 0 Å². The second-order valence-corrected chi connectivity index (χ2v) is 10.6. The minimum Gasteiger partial charge on any atom is -0.371 e. The van der Waals surface area contributed by atoms with Crippen LogP contribution in [0.15, 0.2) is 46.3 Å². The normalized spacial score (nSPS) is 21.5. The van der Waals surface area contributed by atoms with Crippen LogP contribution in [0.3, 0.4) is 0 Å². The molecule has 1 amide bonds. The van der Waals surface area contributed by atoms with Crippen molar-refractivity contribution >= 4 is 22.9 Å². The number of thiophene rings is 1. The number of likely N-dealkylation sites (tertiary alicyclic amines) is 1. The molecule has 2 fully saturated rings. The van der Waals surface area contributed by atoms with Crippen molar-refractivity contribution in [3.63, 3.8) is 0 Å². The Balaban J connectivity index is 1.10. The highest BCUT2D eigenvalue weighted by molar-refractivity contribution is 7.13. The first kappa shape index (κ1) is 23.1. The summed E-state index contributed by atoms with van der Waals surface area (Å²) in [4.78, 5) is 23.1. The SMILES string of the molecule is CC1CCCN(c2ccc(CNC(=O)C3CCCN(Cc4nc(-c5cccs5)no4)C3)cc2)C1. The molecule has 7 nitrogen and oxygen atoms in total. The van der Waals surface area contributed by atoms with E-state index in [2.05, 4.69) is 56.4 Å². The topological polar surface area (TPSA) is 74.5 Å². The standard InChI is InChI=1S/C26H33N5O2S/c1-19-5-2-13-31(16-19)22-10-8-20(9-11-22)15-27-26(32)21-6-3-12-30(17-21)18-24-28-25(29-33-24)23-7-4-14-34-23/h4,7-11,14,19,21H,2-3,5-6,12-13,15-18H2,1H3,(H,27,32). The predicted molar refractivity (Wildman–Crippen MR) is 135 cm³/mol. The van der Waals surface area contributed by atoms with E-state index in [0.717, 1.165) is 48.8 Å². The molecule has 8 heteroatoms. The highest BCUT2D eigenvalue weighted by Crippen LogP contribution is 2.24. The number of aromatic nitrogens is 2. The van der Waals surface area contributed by atoms with E-state index in [1.54, 1.807) is 11.3 Å². The molecule has 0 bridgehead atoms. The Morgan fingerprint density at radius 1 is 1.15 bits per heavy atom. The van der Waals surface area contributed by atoms with Gasteiger partial charge in [-0.1, -0.05) is 30.3 Å². The molecule has 34 heavy (non-hydrogen) atoms. The van der Waals surface area contributed by atoms with Crippen molar-refractivity contribution in [3.05, 3.63) is 53.2 Å². The van der Waals surface area contributed by atoms with E-state index in [1.807, 2.05) is 17.5 Å². The number of anilines is 1. The van der Waals surface area contributed by atoms with Crippen molar-refractivity contribution < 1.29 is 9.32 Å². The van der Waals surface area contributed by atoms with E-state index < -0.39 is 0 Å². The molecule has 2 aliphatic rings. The number of amides is 1. The van der Waals surface area contributed by atoms with Crippen molar-refractivity contribution in [1.82, 2.24) is 20.4 Å². The van der Waals surface area contributed by atoms with Gasteiger partial charge in [0, 0.05) is 31.9 Å². The zero-order chi connectivity index (χ0) is 23.3. The summed E-state index contributed by atoms with van der Waals surface area (Å²) in [5.41, 5.74) is 2.43. The number of rotatable bonds is 7. The Hall–Kier alpha value is -2.71. The van der Waals surface area contributed by atoms with Gasteiger partial charge in [0.1, 0.15) is 0 Å². The molecule has 1 N–H and O–H groups in total. The zero-order valence-electron chi connectivity index (χ0n) is 19.8. The van der Waals surface area contributed by atoms with Crippen molar-refractivity contribution in [1.29, 1.82) is 0 Å². The first-order valence-corrected chi connectivity index (χ1v) is 13.2. The van der Waals surface area contributed by atoms with E-state index in [4.69, 9.17) is 4.52 Å². The van der Waals surface area contributed by atoms with Crippen LogP contribution >= 0.6 is 11.3 Å². The summed E-state index contributed by atoms with van der Waals surface area (Å²) >= 11 is 1.60. The van der Waals surface area contributed by atoms with Gasteiger partial charge in [-0.25, -0.2) is 0 Å². The first-order chi connectivity index (χ1) is 16.6. The van der Waals surface area contributed by atoms with E-state index in [1.165, 1.54) is 18.5 Å². The van der Waals surface area contributed by atoms with Gasteiger partial charge in [-0.3, -0.25) is 9.69 Å². The fourth-order valence-corrected chi connectivity index (χ4v) is 5.66. The van der Waals surface area contributed by atoms with Gasteiger partial charge in [0.05, 0.1) is 17.3 Å². The van der Waals surface area contributed by atoms with Gasteiger partial charge in [-0.15, -0.1) is 11.3 Å². The van der Waals surface area contributed by atoms with Crippen LogP contribution in [-0.2, 0) is 17.9 Å². The maximum Gasteiger partial charge on any atom is 0.241 e. The molecular weight excluding hydrogens is 446 g/mol. The Kier molecular flexibility index (Phi) is 7.25. The number of piperidine rings is 2. The molecule has 0 aliphatic carbocycles. The number of hydrogen-bond donors (Lipinski definition) is 1. The number of carbonyl (C=O) groups excluding carboxylic acids is 1. The van der Waals surface area contributed by atoms with Gasteiger partial charge in [-0.2, -0.15) is 4.98 Å². The molecule has 180 valence electrons. The average Bonchev–Trinajstić information content (AvgIpc) is 3.55. The van der Waals surface area contributed by atoms with E-state index >= 15 is 0 Å². The smallest absolute Gasteiger partial charge is 0.241 e. The minimum atomic E-state index is -0.0115. The molecule has 2 unspecified atom stereocenters. The highest BCUT2D eigenvalue weighted by atomic mass is 32.1. The van der Waals surface area contributed by atoms with Crippen molar-refractivity contribution in [3.8, 4) is 10.7 Å². The molecule has 2 aromatic heterocycles. The van der Waals surface area contributed by atoms with E-state index in [-0.39, 0.29) is 11.8 Å². The molecule has 0 spiro atoms. The van der Waals surface area contributed by atoms with Crippen LogP contribution in [0.1, 0.15) is 44.1 Å². The molecule has 0 radical (unpaired) electrons. The number of hydrogen-bond acceptors (Lipinski definition) is 7. The third-order valence-corrected chi connectivity index (χ3v) is 7.74. The lowest BCUT2D eigenvalue weighted by molar-refractivity contribution is -0.127. The number of nitrogens with one attached hydrogen (secondary N) is 1. The molecular formula is C26H33N5O2S. The first-order valence-electron chi connectivity index (χ1n) is 12.3. The van der Waals surface area contributed by atoms with Crippen molar-refractivity contribution in [2.45, 2.75) is 45.7 Å². The van der Waals surface area contributed by atoms with Gasteiger partial charge in [0.15, 0.2) is 0 Å². The van der Waals surface area contributed by atoms with Crippen LogP contribution in [0.2, 0.25) is 0 Å². The molecule has 2 atom stereocenters. The van der Waals surface area contributed by atoms with Gasteiger partial charge in [0.2, 0.25) is 17.6 Å². The molecule has 1 aromatic carbocycles. The maximum atomic E-state index is 12.9. The van der Waals surface area contributed by atoms with Crippen LogP contribution < -0.4 is 10.2 Å². The summed E-state index contributed by atoms with van der Waals surface area (Å²) in [5, 5.41) is 9.25. The molecule has 2 aliphatic heterocycles. The molecule has 4 heterocycles. The molecule has 2 saturated heterocycles. The predicted octanol–water partition coefficient (Wildman–Crippen LogP) is 4.56. The van der Waals surface area contributed by atoms with Gasteiger partial charge in [0.25, 0.3) is 0 Å². The summed E-state index contributed by atoms with van der Waals surface area (Å²) in [7, 11) is 0. The Labute approximate surface area is 205 Å². The van der Waals surface area contributed by atoms with Crippen molar-refractivity contribution in [2.24, 2.45) is 11.8 Å². The molecule has 0 saturated carbocycles. The molecule has 3 aromatic rings. The van der Waals surface area contributed by atoms with E-state index in [9.17, 15) is 4.79 Å². The third-order valence-electron chi connectivity index (χ3n) is 6.87. The summed E-state index contributed by atoms with van der Waals surface area (Å²) in [6, 6.07) is 12.6. The second-order valence-electron chi connectivity index (χ2n) is 9.64. The second kappa shape index (κ2) is 10.7. The fraction of sp³-hybridized carbons (Fsp3) is 0.500. The Bertz CT molecular complexity index is 1070. The average molecular weight is 480 g/mol. The molecule has 5 rings (SSSR count). The number of nitrogens with zero attached hydrogens (tertiary/aromatic N) is 4. The van der Waals surface area contributed by atoms with Crippen LogP contribution in [0.4, 0.5) is 5.69 Å². The lowest BCUT2D eigenvalue weighted by atomic mass is 9.97. The van der Waals surface area contributed by atoms with Crippen LogP contribution in [0, 0.1) is 11.8 Å². The number of benzene rings is 1. The summed E-state index contributed by atoms with van der Waals surface area (Å²) < 4.78 is 5.45. The lowest BCUT2D eigenvalue weighted by Gasteiger charge is -2.33. The van der Waals surface area contributed by atoms with Crippen LogP contribution in [0.5, 0.6) is 0 Å². The fourth-order valence-electron chi connectivity index (χ4n) is 5.01. The summed E-state index contributed by atoms with van der Waals surface area (Å²) in [6.45, 7) is 7.40. The Morgan fingerprint density at radius 3 is 2.79 bits per heavy atom. The van der Waals surface area contributed by atoms with Crippen LogP contribution in [0.25, 0.3) is 10.7 Å². The Morgan fingerprint density at radius 2 is 2.00 bits per heavy atom. The summed E-state index contributed by atoms with van der Waals surface area (Å²) in [6.07, 6.45) is 4.50. The highest BCUT2D eigenvalue weighted by Gasteiger charge is 2.27. The maximum absolute atomic E-state index is 12.9. The number of carbonyl (C=O) groups is 1. The largest absolute Gasteiger partial charge is 0.371 e. The minimum absolute atomic E-state index is 0.0115. The van der Waals surface area contributed by atoms with E-state index in [0.29, 0.717) is 31.3 Å². The van der Waals surface area contributed by atoms with Gasteiger partial charge < -0.3 is 14.7 Å². The summed E-state index contributed by atoms with van der Waals surface area (Å²) in [5.74, 6) is 2.11. The van der Waals surface area contributed by atoms with Crippen molar-refractivity contribution in [2.75, 3.05) is 31.1 Å². The lowest BCUT2D eigenvalue weighted by Crippen LogP contribution is -2.42. The van der Waals surface area contributed by atoms with Crippen LogP contribution in [-0.4, -0.2) is 47.1 Å². The third kappa shape index (κ3) is 5.67. The van der Waals surface area contributed by atoms with Gasteiger partial charge in [-0.05, 0) is 67.3 Å². The zero-order valence-corrected chi connectivity index (χ0v) is 20.6. The monoisotopic (exact) mass is 479 g/mol.